The Balaban J connectivity index is 2.07. The summed E-state index contributed by atoms with van der Waals surface area (Å²) in [6.45, 7) is 0.681. The summed E-state index contributed by atoms with van der Waals surface area (Å²) in [7, 11) is 0. The van der Waals surface area contributed by atoms with E-state index in [1.165, 1.54) is 0 Å². The third-order valence-electron chi connectivity index (χ3n) is 2.16. The SMILES string of the molecule is NC(=S)c1ccc(NCc2nccs2)cc1Cl. The number of nitrogens with zero attached hydrogens (tertiary/aromatic N) is 1. The molecule has 6 heteroatoms. The molecule has 0 atom stereocenters. The smallest absolute Gasteiger partial charge is 0.112 e. The summed E-state index contributed by atoms with van der Waals surface area (Å²) in [5.41, 5.74) is 7.15. The van der Waals surface area contributed by atoms with Crippen molar-refractivity contribution in [1.82, 2.24) is 4.98 Å². The van der Waals surface area contributed by atoms with Crippen molar-refractivity contribution in [3.05, 3.63) is 45.4 Å². The van der Waals surface area contributed by atoms with E-state index in [-0.39, 0.29) is 0 Å². The largest absolute Gasteiger partial charge is 0.389 e. The van der Waals surface area contributed by atoms with Gasteiger partial charge in [0.25, 0.3) is 0 Å². The molecule has 0 saturated heterocycles. The summed E-state index contributed by atoms with van der Waals surface area (Å²) < 4.78 is 0. The number of rotatable bonds is 4. The van der Waals surface area contributed by atoms with Crippen molar-refractivity contribution in [2.24, 2.45) is 5.73 Å². The maximum atomic E-state index is 6.06. The molecule has 2 aromatic rings. The molecular formula is C11H10ClN3S2. The first-order valence-corrected chi connectivity index (χ1v) is 6.55. The van der Waals surface area contributed by atoms with Crippen LogP contribution in [0.25, 0.3) is 0 Å². The molecule has 0 unspecified atom stereocenters. The normalized spacial score (nSPS) is 10.2. The molecule has 0 amide bonds. The minimum atomic E-state index is 0.307. The highest BCUT2D eigenvalue weighted by atomic mass is 35.5. The first-order valence-electron chi connectivity index (χ1n) is 4.88. The van der Waals surface area contributed by atoms with Crippen LogP contribution in [0.1, 0.15) is 10.6 Å². The zero-order valence-electron chi connectivity index (χ0n) is 8.81. The van der Waals surface area contributed by atoms with Crippen LogP contribution in [-0.4, -0.2) is 9.97 Å². The quantitative estimate of drug-likeness (QED) is 0.847. The number of hydrogen-bond donors (Lipinski definition) is 2. The van der Waals surface area contributed by atoms with E-state index in [1.807, 2.05) is 23.6 Å². The molecule has 3 nitrogen and oxygen atoms in total. The molecule has 0 aliphatic rings. The highest BCUT2D eigenvalue weighted by Gasteiger charge is 2.04. The van der Waals surface area contributed by atoms with E-state index < -0.39 is 0 Å². The Hall–Kier alpha value is -1.17. The molecule has 1 aromatic carbocycles. The van der Waals surface area contributed by atoms with Crippen LogP contribution in [0.5, 0.6) is 0 Å². The van der Waals surface area contributed by atoms with Crippen LogP contribution in [0.4, 0.5) is 5.69 Å². The monoisotopic (exact) mass is 283 g/mol. The Kier molecular flexibility index (Phi) is 3.93. The lowest BCUT2D eigenvalue weighted by atomic mass is 10.2. The molecule has 1 heterocycles. The van der Waals surface area contributed by atoms with Gasteiger partial charge in [-0.1, -0.05) is 23.8 Å². The van der Waals surface area contributed by atoms with Gasteiger partial charge in [0.1, 0.15) is 10.00 Å². The first-order chi connectivity index (χ1) is 8.16. The number of thiocarbonyl (C=S) groups is 1. The molecule has 0 fully saturated rings. The first kappa shape index (κ1) is 12.3. The van der Waals surface area contributed by atoms with Gasteiger partial charge >= 0.3 is 0 Å². The lowest BCUT2D eigenvalue weighted by Crippen LogP contribution is -2.10. The highest BCUT2D eigenvalue weighted by molar-refractivity contribution is 7.80. The van der Waals surface area contributed by atoms with Crippen LogP contribution in [-0.2, 0) is 6.54 Å². The number of thiazole rings is 1. The Morgan fingerprint density at radius 3 is 2.94 bits per heavy atom. The van der Waals surface area contributed by atoms with E-state index in [1.54, 1.807) is 17.5 Å². The van der Waals surface area contributed by atoms with Gasteiger partial charge in [-0.05, 0) is 18.2 Å². The third-order valence-corrected chi connectivity index (χ3v) is 3.47. The molecule has 3 N–H and O–H groups in total. The second-order valence-electron chi connectivity index (χ2n) is 3.34. The van der Waals surface area contributed by atoms with Gasteiger partial charge in [-0.3, -0.25) is 0 Å². The number of hydrogen-bond acceptors (Lipinski definition) is 4. The van der Waals surface area contributed by atoms with E-state index in [9.17, 15) is 0 Å². The summed E-state index contributed by atoms with van der Waals surface area (Å²) in [6.07, 6.45) is 1.78. The topological polar surface area (TPSA) is 50.9 Å². The maximum Gasteiger partial charge on any atom is 0.112 e. The number of halogens is 1. The average molecular weight is 284 g/mol. The third kappa shape index (κ3) is 3.15. The number of aromatic nitrogens is 1. The fourth-order valence-corrected chi connectivity index (χ4v) is 2.42. The molecule has 0 aliphatic heterocycles. The molecule has 0 aliphatic carbocycles. The van der Waals surface area contributed by atoms with Gasteiger partial charge < -0.3 is 11.1 Å². The zero-order valence-corrected chi connectivity index (χ0v) is 11.2. The van der Waals surface area contributed by atoms with Crippen LogP contribution in [0.2, 0.25) is 5.02 Å². The van der Waals surface area contributed by atoms with Crippen LogP contribution in [0.15, 0.2) is 29.8 Å². The molecule has 0 saturated carbocycles. The summed E-state index contributed by atoms with van der Waals surface area (Å²) in [4.78, 5) is 4.49. The fraction of sp³-hybridized carbons (Fsp3) is 0.0909. The lowest BCUT2D eigenvalue weighted by Gasteiger charge is -2.07. The Labute approximate surface area is 114 Å². The predicted molar refractivity (Wildman–Crippen MR) is 76.8 cm³/mol. The minimum Gasteiger partial charge on any atom is -0.389 e. The zero-order chi connectivity index (χ0) is 12.3. The molecule has 0 radical (unpaired) electrons. The minimum absolute atomic E-state index is 0.307. The van der Waals surface area contributed by atoms with Crippen LogP contribution < -0.4 is 11.1 Å². The van der Waals surface area contributed by atoms with Gasteiger partial charge in [0.2, 0.25) is 0 Å². The van der Waals surface area contributed by atoms with Gasteiger partial charge in [-0.25, -0.2) is 4.98 Å². The van der Waals surface area contributed by atoms with E-state index in [0.717, 1.165) is 10.7 Å². The molecular weight excluding hydrogens is 274 g/mol. The second kappa shape index (κ2) is 5.44. The molecule has 1 aromatic heterocycles. The predicted octanol–water partition coefficient (Wildman–Crippen LogP) is 3.04. The molecule has 2 rings (SSSR count). The lowest BCUT2D eigenvalue weighted by molar-refractivity contribution is 1.10. The van der Waals surface area contributed by atoms with Crippen LogP contribution >= 0.6 is 35.2 Å². The van der Waals surface area contributed by atoms with E-state index in [4.69, 9.17) is 29.6 Å². The van der Waals surface area contributed by atoms with Crippen LogP contribution in [0.3, 0.4) is 0 Å². The van der Waals surface area contributed by atoms with Crippen molar-refractivity contribution in [2.45, 2.75) is 6.54 Å². The number of nitrogens with two attached hydrogens (primary N) is 1. The Morgan fingerprint density at radius 2 is 2.35 bits per heavy atom. The average Bonchev–Trinajstić information content (AvgIpc) is 2.78. The van der Waals surface area contributed by atoms with Gasteiger partial charge in [0.05, 0.1) is 11.6 Å². The van der Waals surface area contributed by atoms with Crippen molar-refractivity contribution in [3.8, 4) is 0 Å². The van der Waals surface area contributed by atoms with Gasteiger partial charge in [-0.2, -0.15) is 0 Å². The van der Waals surface area contributed by atoms with Crippen LogP contribution in [0, 0.1) is 0 Å². The van der Waals surface area contributed by atoms with Crippen molar-refractivity contribution in [3.63, 3.8) is 0 Å². The fourth-order valence-electron chi connectivity index (χ4n) is 1.34. The van der Waals surface area contributed by atoms with Gasteiger partial charge in [0, 0.05) is 22.8 Å². The summed E-state index contributed by atoms with van der Waals surface area (Å²) >= 11 is 12.6. The Bertz CT molecular complexity index is 526. The number of nitrogens with one attached hydrogen (secondary N) is 1. The molecule has 88 valence electrons. The second-order valence-corrected chi connectivity index (χ2v) is 5.16. The van der Waals surface area contributed by atoms with Crippen molar-refractivity contribution in [1.29, 1.82) is 0 Å². The number of anilines is 1. The standard InChI is InChI=1S/C11H10ClN3S2/c12-9-5-7(1-2-8(9)11(13)16)15-6-10-14-3-4-17-10/h1-5,15H,6H2,(H2,13,16). The molecule has 0 bridgehead atoms. The number of benzene rings is 1. The highest BCUT2D eigenvalue weighted by Crippen LogP contribution is 2.21. The van der Waals surface area contributed by atoms with Gasteiger partial charge in [0.15, 0.2) is 0 Å². The summed E-state index contributed by atoms with van der Waals surface area (Å²) in [5.74, 6) is 0. The molecule has 17 heavy (non-hydrogen) atoms. The summed E-state index contributed by atoms with van der Waals surface area (Å²) in [6, 6.07) is 5.52. The Morgan fingerprint density at radius 1 is 1.53 bits per heavy atom. The van der Waals surface area contributed by atoms with Crippen molar-refractivity contribution in [2.75, 3.05) is 5.32 Å². The van der Waals surface area contributed by atoms with E-state index in [2.05, 4.69) is 10.3 Å². The maximum absolute atomic E-state index is 6.06. The van der Waals surface area contributed by atoms with Gasteiger partial charge in [-0.15, -0.1) is 11.3 Å². The molecule has 0 spiro atoms. The summed E-state index contributed by atoms with van der Waals surface area (Å²) in [5, 5.41) is 6.76. The van der Waals surface area contributed by atoms with E-state index in [0.29, 0.717) is 22.1 Å². The van der Waals surface area contributed by atoms with E-state index >= 15 is 0 Å². The van der Waals surface area contributed by atoms with Crippen molar-refractivity contribution < 1.29 is 0 Å². The van der Waals surface area contributed by atoms with Crippen molar-refractivity contribution >= 4 is 45.8 Å².